The van der Waals surface area contributed by atoms with Gasteiger partial charge in [0.25, 0.3) is 0 Å². The molecule has 1 aliphatic heterocycles. The molecule has 80 valence electrons. The number of rotatable bonds is 2. The van der Waals surface area contributed by atoms with Gasteiger partial charge in [-0.2, -0.15) is 0 Å². The van der Waals surface area contributed by atoms with E-state index in [9.17, 15) is 0 Å². The summed E-state index contributed by atoms with van der Waals surface area (Å²) in [5.41, 5.74) is 1.19. The Hall–Kier alpha value is -1.12. The molecule has 15 heavy (non-hydrogen) atoms. The van der Waals surface area contributed by atoms with E-state index < -0.39 is 5.79 Å². The van der Waals surface area contributed by atoms with E-state index in [-0.39, 0.29) is 6.10 Å². The molecule has 1 atom stereocenters. The zero-order valence-electron chi connectivity index (χ0n) is 9.14. The maximum absolute atomic E-state index is 5.66. The van der Waals surface area contributed by atoms with E-state index >= 15 is 0 Å². The molecule has 1 aromatic rings. The molecule has 0 amide bonds. The monoisotopic (exact) mass is 204 g/mol. The van der Waals surface area contributed by atoms with Crippen molar-refractivity contribution >= 4 is 6.08 Å². The predicted octanol–water partition coefficient (Wildman–Crippen LogP) is 2.85. The van der Waals surface area contributed by atoms with E-state index in [0.29, 0.717) is 6.61 Å². The van der Waals surface area contributed by atoms with Gasteiger partial charge in [0.1, 0.15) is 6.10 Å². The summed E-state index contributed by atoms with van der Waals surface area (Å²) in [5.74, 6) is -0.439. The molecular formula is C13H16O2. The number of hydrogen-bond donors (Lipinski definition) is 0. The van der Waals surface area contributed by atoms with Crippen molar-refractivity contribution in [1.29, 1.82) is 0 Å². The normalized spacial score (nSPS) is 24.8. The minimum Gasteiger partial charge on any atom is -0.347 e. The van der Waals surface area contributed by atoms with Gasteiger partial charge in [-0.3, -0.25) is 0 Å². The van der Waals surface area contributed by atoms with Gasteiger partial charge in [0.15, 0.2) is 5.79 Å². The number of ether oxygens (including phenoxy) is 2. The molecule has 0 bridgehead atoms. The van der Waals surface area contributed by atoms with Crippen LogP contribution in [0.3, 0.4) is 0 Å². The first-order chi connectivity index (χ1) is 7.16. The first-order valence-electron chi connectivity index (χ1n) is 5.21. The van der Waals surface area contributed by atoms with Gasteiger partial charge in [0.2, 0.25) is 0 Å². The highest BCUT2D eigenvalue weighted by atomic mass is 16.7. The quantitative estimate of drug-likeness (QED) is 0.737. The van der Waals surface area contributed by atoms with Crippen molar-refractivity contribution in [2.75, 3.05) is 6.61 Å². The lowest BCUT2D eigenvalue weighted by molar-refractivity contribution is -0.133. The molecule has 0 N–H and O–H groups in total. The molecule has 1 unspecified atom stereocenters. The van der Waals surface area contributed by atoms with Crippen LogP contribution in [0.25, 0.3) is 6.08 Å². The fourth-order valence-electron chi connectivity index (χ4n) is 1.59. The van der Waals surface area contributed by atoms with Crippen LogP contribution in [0.15, 0.2) is 36.4 Å². The summed E-state index contributed by atoms with van der Waals surface area (Å²) < 4.78 is 11.1. The topological polar surface area (TPSA) is 18.5 Å². The second-order valence-electron chi connectivity index (χ2n) is 4.14. The second kappa shape index (κ2) is 4.17. The van der Waals surface area contributed by atoms with Crippen molar-refractivity contribution in [2.45, 2.75) is 25.7 Å². The van der Waals surface area contributed by atoms with Crippen molar-refractivity contribution in [1.82, 2.24) is 0 Å². The van der Waals surface area contributed by atoms with Crippen LogP contribution in [0, 0.1) is 0 Å². The lowest BCUT2D eigenvalue weighted by Gasteiger charge is -2.15. The summed E-state index contributed by atoms with van der Waals surface area (Å²) in [7, 11) is 0. The Morgan fingerprint density at radius 1 is 1.27 bits per heavy atom. The first kappa shape index (κ1) is 10.4. The molecule has 1 aromatic carbocycles. The van der Waals surface area contributed by atoms with Crippen molar-refractivity contribution < 1.29 is 9.47 Å². The average molecular weight is 204 g/mol. The van der Waals surface area contributed by atoms with E-state index in [0.717, 1.165) is 0 Å². The third-order valence-electron chi connectivity index (χ3n) is 2.33. The zero-order valence-corrected chi connectivity index (χ0v) is 9.14. The molecule has 1 heterocycles. The molecule has 1 saturated heterocycles. The zero-order chi connectivity index (χ0) is 10.7. The molecule has 0 spiro atoms. The fraction of sp³-hybridized carbons (Fsp3) is 0.385. The summed E-state index contributed by atoms with van der Waals surface area (Å²) >= 11 is 0. The highest BCUT2D eigenvalue weighted by Gasteiger charge is 2.30. The summed E-state index contributed by atoms with van der Waals surface area (Å²) in [5, 5.41) is 0. The maximum atomic E-state index is 5.66. The molecule has 2 heteroatoms. The maximum Gasteiger partial charge on any atom is 0.163 e. The van der Waals surface area contributed by atoms with Crippen LogP contribution in [0.4, 0.5) is 0 Å². The Morgan fingerprint density at radius 3 is 2.60 bits per heavy atom. The van der Waals surface area contributed by atoms with Crippen LogP contribution >= 0.6 is 0 Å². The second-order valence-corrected chi connectivity index (χ2v) is 4.14. The van der Waals surface area contributed by atoms with Crippen molar-refractivity contribution in [3.05, 3.63) is 42.0 Å². The molecule has 2 rings (SSSR count). The van der Waals surface area contributed by atoms with E-state index in [1.54, 1.807) is 0 Å². The highest BCUT2D eigenvalue weighted by Crippen LogP contribution is 2.23. The molecule has 0 aliphatic carbocycles. The third kappa shape index (κ3) is 2.91. The Balaban J connectivity index is 1.96. The van der Waals surface area contributed by atoms with Crippen LogP contribution < -0.4 is 0 Å². The van der Waals surface area contributed by atoms with E-state index in [2.05, 4.69) is 18.2 Å². The largest absolute Gasteiger partial charge is 0.347 e. The summed E-state index contributed by atoms with van der Waals surface area (Å²) in [6.45, 7) is 4.50. The standard InChI is InChI=1S/C13H16O2/c1-13(2)14-10-12(15-13)9-8-11-6-4-3-5-7-11/h3-9,12H,10H2,1-2H3. The first-order valence-corrected chi connectivity index (χ1v) is 5.21. The van der Waals surface area contributed by atoms with Crippen LogP contribution in [0.2, 0.25) is 0 Å². The average Bonchev–Trinajstić information content (AvgIpc) is 2.57. The summed E-state index contributed by atoms with van der Waals surface area (Å²) in [6.07, 6.45) is 4.18. The molecule has 1 aliphatic rings. The summed E-state index contributed by atoms with van der Waals surface area (Å²) in [6, 6.07) is 10.2. The van der Waals surface area contributed by atoms with E-state index in [1.165, 1.54) is 5.56 Å². The summed E-state index contributed by atoms with van der Waals surface area (Å²) in [4.78, 5) is 0. The molecule has 0 aromatic heterocycles. The van der Waals surface area contributed by atoms with Crippen molar-refractivity contribution in [2.24, 2.45) is 0 Å². The van der Waals surface area contributed by atoms with Crippen LogP contribution in [0.5, 0.6) is 0 Å². The lowest BCUT2D eigenvalue weighted by Crippen LogP contribution is -2.20. The Labute approximate surface area is 90.5 Å². The smallest absolute Gasteiger partial charge is 0.163 e. The van der Waals surface area contributed by atoms with Gasteiger partial charge in [-0.05, 0) is 19.4 Å². The van der Waals surface area contributed by atoms with Gasteiger partial charge in [-0.25, -0.2) is 0 Å². The number of hydrogen-bond acceptors (Lipinski definition) is 2. The minimum absolute atomic E-state index is 0.0696. The molecule has 0 saturated carbocycles. The third-order valence-corrected chi connectivity index (χ3v) is 2.33. The molecule has 1 fully saturated rings. The Kier molecular flexibility index (Phi) is 2.89. The van der Waals surface area contributed by atoms with Crippen LogP contribution in [0.1, 0.15) is 19.4 Å². The Bertz CT molecular complexity index is 341. The minimum atomic E-state index is -0.439. The van der Waals surface area contributed by atoms with Crippen LogP contribution in [-0.2, 0) is 9.47 Å². The van der Waals surface area contributed by atoms with Gasteiger partial charge in [0, 0.05) is 0 Å². The van der Waals surface area contributed by atoms with Gasteiger partial charge >= 0.3 is 0 Å². The van der Waals surface area contributed by atoms with Crippen molar-refractivity contribution in [3.63, 3.8) is 0 Å². The Morgan fingerprint density at radius 2 is 2.00 bits per heavy atom. The number of benzene rings is 1. The van der Waals surface area contributed by atoms with Crippen molar-refractivity contribution in [3.8, 4) is 0 Å². The molecule has 0 radical (unpaired) electrons. The fourth-order valence-corrected chi connectivity index (χ4v) is 1.59. The van der Waals surface area contributed by atoms with Crippen LogP contribution in [-0.4, -0.2) is 18.5 Å². The van der Waals surface area contributed by atoms with E-state index in [4.69, 9.17) is 9.47 Å². The molecular weight excluding hydrogens is 188 g/mol. The van der Waals surface area contributed by atoms with Gasteiger partial charge < -0.3 is 9.47 Å². The lowest BCUT2D eigenvalue weighted by atomic mass is 10.2. The highest BCUT2D eigenvalue weighted by molar-refractivity contribution is 5.49. The predicted molar refractivity (Wildman–Crippen MR) is 60.4 cm³/mol. The van der Waals surface area contributed by atoms with Gasteiger partial charge in [-0.15, -0.1) is 0 Å². The SMILES string of the molecule is CC1(C)OCC(C=Cc2ccccc2)O1. The van der Waals surface area contributed by atoms with Gasteiger partial charge in [0.05, 0.1) is 6.61 Å². The molecule has 2 nitrogen and oxygen atoms in total. The van der Waals surface area contributed by atoms with E-state index in [1.807, 2.05) is 38.1 Å². The van der Waals surface area contributed by atoms with Gasteiger partial charge in [-0.1, -0.05) is 42.5 Å².